The molecule has 0 heterocycles. The molecule has 0 radical (unpaired) electrons. The van der Waals surface area contributed by atoms with E-state index in [1.54, 1.807) is 0 Å². The molecule has 2 aliphatic carbocycles. The van der Waals surface area contributed by atoms with Crippen molar-refractivity contribution >= 4 is 12.0 Å². The number of hydrogen-bond donors (Lipinski definition) is 3. The molecule has 2 fully saturated rings. The fourth-order valence-electron chi connectivity index (χ4n) is 3.49. The molecule has 0 bridgehead atoms. The van der Waals surface area contributed by atoms with Crippen molar-refractivity contribution in [2.45, 2.75) is 64.3 Å². The van der Waals surface area contributed by atoms with E-state index in [2.05, 4.69) is 17.6 Å². The maximum atomic E-state index is 11.9. The number of carbonyl (C=O) groups excluding carboxylic acids is 1. The Morgan fingerprint density at radius 1 is 1.00 bits per heavy atom. The molecule has 2 saturated carbocycles. The molecule has 0 aromatic carbocycles. The van der Waals surface area contributed by atoms with E-state index in [0.717, 1.165) is 25.3 Å². The number of nitrogens with one attached hydrogen (secondary N) is 2. The summed E-state index contributed by atoms with van der Waals surface area (Å²) in [5.74, 6) is 0.522. The topological polar surface area (TPSA) is 78.4 Å². The van der Waals surface area contributed by atoms with Gasteiger partial charge >= 0.3 is 12.0 Å². The lowest BCUT2D eigenvalue weighted by molar-refractivity contribution is -0.142. The first-order valence-corrected chi connectivity index (χ1v) is 8.31. The largest absolute Gasteiger partial charge is 0.481 e. The number of urea groups is 1. The minimum atomic E-state index is -0.704. The Hall–Kier alpha value is -1.26. The van der Waals surface area contributed by atoms with Gasteiger partial charge in [0.25, 0.3) is 0 Å². The molecule has 2 rings (SSSR count). The van der Waals surface area contributed by atoms with Crippen LogP contribution in [0.15, 0.2) is 0 Å². The third kappa shape index (κ3) is 5.21. The van der Waals surface area contributed by atoms with Gasteiger partial charge in [-0.2, -0.15) is 0 Å². The maximum absolute atomic E-state index is 11.9. The SMILES string of the molecule is CC1CCC(CNC(=O)NC2CCC(C(=O)O)CC2)CC1. The van der Waals surface area contributed by atoms with Crippen LogP contribution in [0.5, 0.6) is 0 Å². The fraction of sp³-hybridized carbons (Fsp3) is 0.875. The van der Waals surface area contributed by atoms with E-state index < -0.39 is 5.97 Å². The number of aliphatic carboxylic acids is 1. The highest BCUT2D eigenvalue weighted by Gasteiger charge is 2.26. The zero-order valence-corrected chi connectivity index (χ0v) is 12.9. The number of carboxylic acid groups (broad SMARTS) is 1. The zero-order valence-electron chi connectivity index (χ0n) is 12.9. The number of carboxylic acids is 1. The lowest BCUT2D eigenvalue weighted by atomic mass is 9.83. The van der Waals surface area contributed by atoms with Crippen molar-refractivity contribution in [1.82, 2.24) is 10.6 Å². The summed E-state index contributed by atoms with van der Waals surface area (Å²) in [5, 5.41) is 14.9. The number of carbonyl (C=O) groups is 2. The van der Waals surface area contributed by atoms with Gasteiger partial charge in [0.15, 0.2) is 0 Å². The predicted octanol–water partition coefficient (Wildman–Crippen LogP) is 2.76. The quantitative estimate of drug-likeness (QED) is 0.746. The first-order chi connectivity index (χ1) is 10.0. The van der Waals surface area contributed by atoms with Gasteiger partial charge in [0.2, 0.25) is 0 Å². The van der Waals surface area contributed by atoms with Crippen molar-refractivity contribution in [2.75, 3.05) is 6.54 Å². The van der Waals surface area contributed by atoms with Gasteiger partial charge in [-0.05, 0) is 50.4 Å². The van der Waals surface area contributed by atoms with Crippen LogP contribution >= 0.6 is 0 Å². The van der Waals surface area contributed by atoms with Crippen molar-refractivity contribution in [1.29, 1.82) is 0 Å². The van der Waals surface area contributed by atoms with Crippen LogP contribution in [0.4, 0.5) is 4.79 Å². The Balaban J connectivity index is 1.61. The van der Waals surface area contributed by atoms with Crippen molar-refractivity contribution in [3.63, 3.8) is 0 Å². The number of hydrogen-bond acceptors (Lipinski definition) is 2. The van der Waals surface area contributed by atoms with Gasteiger partial charge in [0.05, 0.1) is 5.92 Å². The van der Waals surface area contributed by atoms with Gasteiger partial charge in [0, 0.05) is 12.6 Å². The first kappa shape index (κ1) is 16.1. The van der Waals surface area contributed by atoms with Gasteiger partial charge in [-0.25, -0.2) is 4.79 Å². The Labute approximate surface area is 126 Å². The van der Waals surface area contributed by atoms with Crippen molar-refractivity contribution < 1.29 is 14.7 Å². The van der Waals surface area contributed by atoms with Crippen LogP contribution in [-0.4, -0.2) is 29.7 Å². The van der Waals surface area contributed by atoms with Crippen LogP contribution < -0.4 is 10.6 Å². The van der Waals surface area contributed by atoms with Crippen LogP contribution in [0.2, 0.25) is 0 Å². The second-order valence-corrected chi connectivity index (χ2v) is 6.87. The molecule has 3 N–H and O–H groups in total. The molecule has 120 valence electrons. The first-order valence-electron chi connectivity index (χ1n) is 8.31. The summed E-state index contributed by atoms with van der Waals surface area (Å²) < 4.78 is 0. The Morgan fingerprint density at radius 2 is 1.62 bits per heavy atom. The van der Waals surface area contributed by atoms with Crippen molar-refractivity contribution in [3.8, 4) is 0 Å². The summed E-state index contributed by atoms with van der Waals surface area (Å²) in [6.45, 7) is 3.06. The molecule has 0 aliphatic heterocycles. The number of rotatable bonds is 4. The molecule has 5 heteroatoms. The van der Waals surface area contributed by atoms with Gasteiger partial charge in [0.1, 0.15) is 0 Å². The molecular weight excluding hydrogens is 268 g/mol. The van der Waals surface area contributed by atoms with E-state index in [-0.39, 0.29) is 18.0 Å². The smallest absolute Gasteiger partial charge is 0.315 e. The Kier molecular flexibility index (Phi) is 5.88. The van der Waals surface area contributed by atoms with E-state index >= 15 is 0 Å². The van der Waals surface area contributed by atoms with Gasteiger partial charge in [-0.1, -0.05) is 19.8 Å². The molecule has 0 spiro atoms. The summed E-state index contributed by atoms with van der Waals surface area (Å²) in [6.07, 6.45) is 7.84. The van der Waals surface area contributed by atoms with E-state index in [1.807, 2.05) is 0 Å². The standard InChI is InChI=1S/C16H28N2O3/c1-11-2-4-12(5-3-11)10-17-16(21)18-14-8-6-13(7-9-14)15(19)20/h11-14H,2-10H2,1H3,(H,19,20)(H2,17,18,21). The highest BCUT2D eigenvalue weighted by Crippen LogP contribution is 2.27. The average Bonchev–Trinajstić information content (AvgIpc) is 2.47. The summed E-state index contributed by atoms with van der Waals surface area (Å²) in [6, 6.07) is 0.0411. The second kappa shape index (κ2) is 7.66. The highest BCUT2D eigenvalue weighted by molar-refractivity contribution is 5.74. The molecule has 2 aliphatic rings. The predicted molar refractivity (Wildman–Crippen MR) is 81.0 cm³/mol. The minimum Gasteiger partial charge on any atom is -0.481 e. The molecule has 0 unspecified atom stereocenters. The van der Waals surface area contributed by atoms with Crippen molar-refractivity contribution in [2.24, 2.45) is 17.8 Å². The third-order valence-electron chi connectivity index (χ3n) is 5.10. The van der Waals surface area contributed by atoms with Gasteiger partial charge in [-0.15, -0.1) is 0 Å². The highest BCUT2D eigenvalue weighted by atomic mass is 16.4. The Bertz CT molecular complexity index is 357. The zero-order chi connectivity index (χ0) is 15.2. The van der Waals surface area contributed by atoms with E-state index in [1.165, 1.54) is 25.7 Å². The second-order valence-electron chi connectivity index (χ2n) is 6.87. The van der Waals surface area contributed by atoms with Crippen LogP contribution in [0, 0.1) is 17.8 Å². The maximum Gasteiger partial charge on any atom is 0.315 e. The van der Waals surface area contributed by atoms with Crippen molar-refractivity contribution in [3.05, 3.63) is 0 Å². The van der Waals surface area contributed by atoms with Gasteiger partial charge < -0.3 is 15.7 Å². The molecule has 5 nitrogen and oxygen atoms in total. The van der Waals surface area contributed by atoms with E-state index in [9.17, 15) is 9.59 Å². The monoisotopic (exact) mass is 296 g/mol. The number of amides is 2. The minimum absolute atomic E-state index is 0.0904. The molecular formula is C16H28N2O3. The third-order valence-corrected chi connectivity index (χ3v) is 5.10. The van der Waals surface area contributed by atoms with E-state index in [4.69, 9.17) is 5.11 Å². The summed E-state index contributed by atoms with van der Waals surface area (Å²) in [5.41, 5.74) is 0. The molecule has 0 aromatic heterocycles. The lowest BCUT2D eigenvalue weighted by Gasteiger charge is -2.28. The molecule has 0 saturated heterocycles. The van der Waals surface area contributed by atoms with Crippen LogP contribution in [0.3, 0.4) is 0 Å². The molecule has 2 amide bonds. The molecule has 0 atom stereocenters. The van der Waals surface area contributed by atoms with Gasteiger partial charge in [-0.3, -0.25) is 4.79 Å². The van der Waals surface area contributed by atoms with Crippen LogP contribution in [-0.2, 0) is 4.79 Å². The summed E-state index contributed by atoms with van der Waals surface area (Å²) >= 11 is 0. The van der Waals surface area contributed by atoms with Crippen LogP contribution in [0.25, 0.3) is 0 Å². The van der Waals surface area contributed by atoms with E-state index in [0.29, 0.717) is 18.8 Å². The molecule has 21 heavy (non-hydrogen) atoms. The normalized spacial score (nSPS) is 33.2. The summed E-state index contributed by atoms with van der Waals surface area (Å²) in [7, 11) is 0. The Morgan fingerprint density at radius 3 is 2.19 bits per heavy atom. The average molecular weight is 296 g/mol. The molecule has 0 aromatic rings. The van der Waals surface area contributed by atoms with Crippen LogP contribution in [0.1, 0.15) is 58.3 Å². The summed E-state index contributed by atoms with van der Waals surface area (Å²) in [4.78, 5) is 22.8. The lowest BCUT2D eigenvalue weighted by Crippen LogP contribution is -2.45. The fourth-order valence-corrected chi connectivity index (χ4v) is 3.49.